The van der Waals surface area contributed by atoms with Crippen LogP contribution in [0.1, 0.15) is 27.7 Å². The first-order chi connectivity index (χ1) is 10.7. The van der Waals surface area contributed by atoms with Crippen LogP contribution in [0.5, 0.6) is 0 Å². The molecule has 1 atom stereocenters. The summed E-state index contributed by atoms with van der Waals surface area (Å²) in [6, 6.07) is -0.901. The minimum atomic E-state index is -0.901. The van der Waals surface area contributed by atoms with Gasteiger partial charge in [-0.15, -0.1) is 11.8 Å². The molecule has 0 aromatic rings. The Morgan fingerprint density at radius 3 is 2.43 bits per heavy atom. The van der Waals surface area contributed by atoms with Gasteiger partial charge in [0.25, 0.3) is 0 Å². The van der Waals surface area contributed by atoms with Gasteiger partial charge >= 0.3 is 18.0 Å². The lowest BCUT2D eigenvalue weighted by Crippen LogP contribution is -2.45. The van der Waals surface area contributed by atoms with Crippen LogP contribution in [0.4, 0.5) is 4.79 Å². The molecule has 0 saturated carbocycles. The van der Waals surface area contributed by atoms with Gasteiger partial charge in [0, 0.05) is 5.75 Å². The first-order valence-electron chi connectivity index (χ1n) is 7.20. The van der Waals surface area contributed by atoms with Crippen LogP contribution in [0.15, 0.2) is 12.7 Å². The van der Waals surface area contributed by atoms with Gasteiger partial charge in [-0.25, -0.2) is 9.59 Å². The summed E-state index contributed by atoms with van der Waals surface area (Å²) < 4.78 is 14.8. The van der Waals surface area contributed by atoms with Gasteiger partial charge in [-0.2, -0.15) is 0 Å². The van der Waals surface area contributed by atoms with Crippen LogP contribution in [0.3, 0.4) is 0 Å². The van der Waals surface area contributed by atoms with Crippen molar-refractivity contribution in [3.05, 3.63) is 12.7 Å². The maximum atomic E-state index is 11.9. The molecule has 1 amide bonds. The van der Waals surface area contributed by atoms with E-state index in [-0.39, 0.29) is 24.7 Å². The van der Waals surface area contributed by atoms with Crippen molar-refractivity contribution in [2.75, 3.05) is 24.7 Å². The van der Waals surface area contributed by atoms with Crippen LogP contribution in [0.2, 0.25) is 0 Å². The van der Waals surface area contributed by atoms with E-state index in [1.165, 1.54) is 6.08 Å². The van der Waals surface area contributed by atoms with Gasteiger partial charge in [0.1, 0.15) is 18.2 Å². The van der Waals surface area contributed by atoms with Crippen LogP contribution >= 0.6 is 11.8 Å². The first kappa shape index (κ1) is 21.3. The molecular formula is C15H25NO6S. The molecule has 0 bridgehead atoms. The number of amides is 1. The molecule has 132 valence electrons. The summed E-state index contributed by atoms with van der Waals surface area (Å²) >= 11 is 1.15. The standard InChI is InChI=1S/C15H25NO6S/c1-6-8-21-12(17)10-23-9-11(13(18)20-7-2)16-14(19)22-15(3,4)5/h6,11H,1,7-10H2,2-5H3,(H,16,19)/t11-/m0/s1. The number of hydrogen-bond donors (Lipinski definition) is 1. The van der Waals surface area contributed by atoms with Gasteiger partial charge in [0.15, 0.2) is 0 Å². The normalized spacial score (nSPS) is 12.0. The maximum absolute atomic E-state index is 11.9. The molecule has 0 heterocycles. The molecule has 1 N–H and O–H groups in total. The van der Waals surface area contributed by atoms with Crippen molar-refractivity contribution in [2.24, 2.45) is 0 Å². The minimum Gasteiger partial charge on any atom is -0.464 e. The van der Waals surface area contributed by atoms with Crippen LogP contribution in [-0.2, 0) is 23.8 Å². The van der Waals surface area contributed by atoms with E-state index in [2.05, 4.69) is 11.9 Å². The third-order valence-electron chi connectivity index (χ3n) is 2.13. The van der Waals surface area contributed by atoms with E-state index in [4.69, 9.17) is 14.2 Å². The number of ether oxygens (including phenoxy) is 3. The number of carbonyl (C=O) groups excluding carboxylic acids is 3. The highest BCUT2D eigenvalue weighted by molar-refractivity contribution is 8.00. The number of nitrogens with one attached hydrogen (secondary N) is 1. The second-order valence-electron chi connectivity index (χ2n) is 5.44. The molecule has 23 heavy (non-hydrogen) atoms. The number of alkyl carbamates (subject to hydrolysis) is 1. The van der Waals surface area contributed by atoms with Gasteiger partial charge in [-0.05, 0) is 27.7 Å². The third kappa shape index (κ3) is 11.5. The molecule has 7 nitrogen and oxygen atoms in total. The molecule has 0 rings (SSSR count). The van der Waals surface area contributed by atoms with Crippen LogP contribution in [-0.4, -0.2) is 54.4 Å². The van der Waals surface area contributed by atoms with E-state index in [0.29, 0.717) is 0 Å². The quantitative estimate of drug-likeness (QED) is 0.387. The van der Waals surface area contributed by atoms with Gasteiger partial charge in [-0.3, -0.25) is 4.79 Å². The Labute approximate surface area is 141 Å². The molecule has 0 aliphatic heterocycles. The van der Waals surface area contributed by atoms with Gasteiger partial charge < -0.3 is 19.5 Å². The van der Waals surface area contributed by atoms with Crippen molar-refractivity contribution in [3.8, 4) is 0 Å². The fourth-order valence-electron chi connectivity index (χ4n) is 1.31. The van der Waals surface area contributed by atoms with Crippen molar-refractivity contribution < 1.29 is 28.6 Å². The number of hydrogen-bond acceptors (Lipinski definition) is 7. The molecule has 0 aliphatic rings. The molecule has 0 aliphatic carbocycles. The first-order valence-corrected chi connectivity index (χ1v) is 8.35. The summed E-state index contributed by atoms with van der Waals surface area (Å²) in [5.41, 5.74) is -0.676. The summed E-state index contributed by atoms with van der Waals surface area (Å²) in [5.74, 6) is -0.777. The molecule has 0 fully saturated rings. The number of thioether (sulfide) groups is 1. The van der Waals surface area contributed by atoms with E-state index >= 15 is 0 Å². The number of rotatable bonds is 9. The van der Waals surface area contributed by atoms with Crippen molar-refractivity contribution in [2.45, 2.75) is 39.3 Å². The fraction of sp³-hybridized carbons (Fsp3) is 0.667. The summed E-state index contributed by atoms with van der Waals surface area (Å²) in [6.45, 7) is 10.6. The Balaban J connectivity index is 4.46. The monoisotopic (exact) mass is 347 g/mol. The molecule has 8 heteroatoms. The molecule has 0 saturated heterocycles. The smallest absolute Gasteiger partial charge is 0.408 e. The predicted molar refractivity (Wildman–Crippen MR) is 88.3 cm³/mol. The van der Waals surface area contributed by atoms with E-state index in [9.17, 15) is 14.4 Å². The van der Waals surface area contributed by atoms with Crippen LogP contribution in [0, 0.1) is 0 Å². The Bertz CT molecular complexity index is 419. The zero-order valence-corrected chi connectivity index (χ0v) is 14.9. The van der Waals surface area contributed by atoms with Crippen molar-refractivity contribution in [3.63, 3.8) is 0 Å². The van der Waals surface area contributed by atoms with E-state index in [1.54, 1.807) is 27.7 Å². The van der Waals surface area contributed by atoms with E-state index < -0.39 is 29.7 Å². The van der Waals surface area contributed by atoms with E-state index in [1.807, 2.05) is 0 Å². The average molecular weight is 347 g/mol. The molecule has 0 aromatic heterocycles. The molecule has 0 unspecified atom stereocenters. The van der Waals surface area contributed by atoms with Gasteiger partial charge in [0.2, 0.25) is 0 Å². The van der Waals surface area contributed by atoms with E-state index in [0.717, 1.165) is 11.8 Å². The van der Waals surface area contributed by atoms with Gasteiger partial charge in [-0.1, -0.05) is 12.7 Å². The van der Waals surface area contributed by atoms with Crippen LogP contribution in [0.25, 0.3) is 0 Å². The summed E-state index contributed by atoms with van der Waals surface area (Å²) in [6.07, 6.45) is 0.749. The highest BCUT2D eigenvalue weighted by Gasteiger charge is 2.25. The Morgan fingerprint density at radius 2 is 1.91 bits per heavy atom. The molecule has 0 radical (unpaired) electrons. The highest BCUT2D eigenvalue weighted by Crippen LogP contribution is 2.09. The SMILES string of the molecule is C=CCOC(=O)CSC[C@H](NC(=O)OC(C)(C)C)C(=O)OCC. The zero-order valence-electron chi connectivity index (χ0n) is 14.0. The predicted octanol–water partition coefficient (Wildman–Crippen LogP) is 1.91. The topological polar surface area (TPSA) is 90.9 Å². The molecular weight excluding hydrogens is 322 g/mol. The van der Waals surface area contributed by atoms with Crippen molar-refractivity contribution in [1.82, 2.24) is 5.32 Å². The zero-order chi connectivity index (χ0) is 17.9. The third-order valence-corrected chi connectivity index (χ3v) is 3.14. The highest BCUT2D eigenvalue weighted by atomic mass is 32.2. The Hall–Kier alpha value is -1.70. The molecule has 0 spiro atoms. The second-order valence-corrected chi connectivity index (χ2v) is 6.47. The summed E-state index contributed by atoms with van der Waals surface area (Å²) in [5, 5.41) is 2.45. The van der Waals surface area contributed by atoms with Crippen molar-refractivity contribution in [1.29, 1.82) is 0 Å². The van der Waals surface area contributed by atoms with Gasteiger partial charge in [0.05, 0.1) is 12.4 Å². The summed E-state index contributed by atoms with van der Waals surface area (Å²) in [4.78, 5) is 35.0. The number of esters is 2. The molecule has 0 aromatic carbocycles. The maximum Gasteiger partial charge on any atom is 0.408 e. The minimum absolute atomic E-state index is 0.0553. The Kier molecular flexibility index (Phi) is 10.1. The lowest BCUT2D eigenvalue weighted by molar-refractivity contribution is -0.145. The lowest BCUT2D eigenvalue weighted by atomic mass is 10.2. The Morgan fingerprint density at radius 1 is 1.26 bits per heavy atom. The average Bonchev–Trinajstić information content (AvgIpc) is 2.42. The summed E-state index contributed by atoms with van der Waals surface area (Å²) in [7, 11) is 0. The van der Waals surface area contributed by atoms with Crippen LogP contribution < -0.4 is 5.32 Å². The van der Waals surface area contributed by atoms with Crippen molar-refractivity contribution >= 4 is 29.8 Å². The lowest BCUT2D eigenvalue weighted by Gasteiger charge is -2.22. The number of carbonyl (C=O) groups is 3. The second kappa shape index (κ2) is 10.9. The fourth-order valence-corrected chi connectivity index (χ4v) is 2.14. The largest absolute Gasteiger partial charge is 0.464 e.